The van der Waals surface area contributed by atoms with Gasteiger partial charge in [0.15, 0.2) is 0 Å². The molecule has 180 valence electrons. The Balaban J connectivity index is 1.20. The van der Waals surface area contributed by atoms with Gasteiger partial charge in [-0.2, -0.15) is 9.29 Å². The summed E-state index contributed by atoms with van der Waals surface area (Å²) in [5.74, 6) is 1.80. The van der Waals surface area contributed by atoms with Crippen molar-refractivity contribution in [3.8, 4) is 0 Å². The molecule has 1 amide bonds. The highest BCUT2D eigenvalue weighted by molar-refractivity contribution is 7.89. The Kier molecular flexibility index (Phi) is 5.25. The largest absolute Gasteiger partial charge is 0.354 e. The predicted octanol–water partition coefficient (Wildman–Crippen LogP) is 1.73. The van der Waals surface area contributed by atoms with Crippen LogP contribution in [0.15, 0.2) is 23.1 Å². The van der Waals surface area contributed by atoms with Crippen molar-refractivity contribution in [3.05, 3.63) is 35.0 Å². The molecule has 34 heavy (non-hydrogen) atoms. The van der Waals surface area contributed by atoms with Crippen LogP contribution >= 0.6 is 0 Å². The monoisotopic (exact) mass is 482 g/mol. The molecule has 2 fully saturated rings. The molecule has 6 rings (SSSR count). The average Bonchev–Trinajstić information content (AvgIpc) is 3.52. The fourth-order valence-electron chi connectivity index (χ4n) is 5.64. The van der Waals surface area contributed by atoms with E-state index in [2.05, 4.69) is 14.8 Å². The summed E-state index contributed by atoms with van der Waals surface area (Å²) < 4.78 is 28.7. The number of hydrogen-bond acceptors (Lipinski definition) is 7. The second-order valence-corrected chi connectivity index (χ2v) is 11.6. The van der Waals surface area contributed by atoms with Gasteiger partial charge >= 0.3 is 0 Å². The SMILES string of the molecule is Cc1cc(N2CCN(S(=O)(=O)c3cc4c5c(c3)CCN5C(=O)CC4)CC2)nc(N2CCCC2)n1. The normalized spacial score (nSPS) is 20.9. The summed E-state index contributed by atoms with van der Waals surface area (Å²) in [6.07, 6.45) is 4.12. The van der Waals surface area contributed by atoms with E-state index in [9.17, 15) is 13.2 Å². The van der Waals surface area contributed by atoms with Gasteiger partial charge in [-0.25, -0.2) is 13.4 Å². The van der Waals surface area contributed by atoms with Crippen LogP contribution < -0.4 is 14.7 Å². The van der Waals surface area contributed by atoms with Gasteiger partial charge in [0.25, 0.3) is 0 Å². The number of aromatic nitrogens is 2. The molecule has 0 radical (unpaired) electrons. The number of sulfonamides is 1. The summed E-state index contributed by atoms with van der Waals surface area (Å²) in [6, 6.07) is 5.57. The van der Waals surface area contributed by atoms with Crippen LogP contribution in [0, 0.1) is 6.92 Å². The number of amides is 1. The molecule has 10 heteroatoms. The first kappa shape index (κ1) is 21.8. The van der Waals surface area contributed by atoms with Crippen molar-refractivity contribution < 1.29 is 13.2 Å². The highest BCUT2D eigenvalue weighted by atomic mass is 32.2. The zero-order valence-corrected chi connectivity index (χ0v) is 20.4. The zero-order valence-electron chi connectivity index (χ0n) is 19.5. The van der Waals surface area contributed by atoms with Crippen LogP contribution in [0.3, 0.4) is 0 Å². The molecule has 5 heterocycles. The number of hydrogen-bond donors (Lipinski definition) is 0. The summed E-state index contributed by atoms with van der Waals surface area (Å²) in [5.41, 5.74) is 3.85. The number of carbonyl (C=O) groups excluding carboxylic acids is 1. The van der Waals surface area contributed by atoms with E-state index in [1.807, 2.05) is 17.9 Å². The Hall–Kier alpha value is -2.72. The second kappa shape index (κ2) is 8.20. The third-order valence-corrected chi connectivity index (χ3v) is 9.32. The highest BCUT2D eigenvalue weighted by Crippen LogP contribution is 2.39. The standard InChI is InChI=1S/C24H30N6O3S/c1-17-14-21(26-24(25-17)28-7-2-3-8-28)27-10-12-29(13-11-27)34(32,33)20-15-18-4-5-22(31)30-9-6-19(16-20)23(18)30/h14-16H,2-13H2,1H3. The van der Waals surface area contributed by atoms with E-state index in [1.54, 1.807) is 16.4 Å². The maximum atomic E-state index is 13.5. The molecule has 2 saturated heterocycles. The van der Waals surface area contributed by atoms with Crippen LogP contribution in [0.4, 0.5) is 17.5 Å². The summed E-state index contributed by atoms with van der Waals surface area (Å²) in [7, 11) is -3.60. The molecule has 0 saturated carbocycles. The number of aryl methyl sites for hydroxylation is 2. The molecule has 1 aromatic heterocycles. The molecular weight excluding hydrogens is 452 g/mol. The van der Waals surface area contributed by atoms with Crippen LogP contribution in [0.25, 0.3) is 0 Å². The quantitative estimate of drug-likeness (QED) is 0.656. The lowest BCUT2D eigenvalue weighted by Gasteiger charge is -2.35. The van der Waals surface area contributed by atoms with Gasteiger partial charge in [0, 0.05) is 64.0 Å². The Bertz CT molecular complexity index is 1250. The minimum absolute atomic E-state index is 0.144. The van der Waals surface area contributed by atoms with Gasteiger partial charge in [0.1, 0.15) is 5.82 Å². The summed E-state index contributed by atoms with van der Waals surface area (Å²) >= 11 is 0. The molecule has 0 bridgehead atoms. The Morgan fingerprint density at radius 1 is 0.794 bits per heavy atom. The number of carbonyl (C=O) groups is 1. The maximum Gasteiger partial charge on any atom is 0.243 e. The summed E-state index contributed by atoms with van der Waals surface area (Å²) in [4.78, 5) is 28.2. The molecule has 0 atom stereocenters. The van der Waals surface area contributed by atoms with Gasteiger partial charge in [-0.3, -0.25) is 4.79 Å². The smallest absolute Gasteiger partial charge is 0.243 e. The van der Waals surface area contributed by atoms with E-state index in [1.165, 1.54) is 12.8 Å². The van der Waals surface area contributed by atoms with E-state index in [0.29, 0.717) is 50.5 Å². The van der Waals surface area contributed by atoms with Crippen molar-refractivity contribution in [2.45, 2.75) is 43.9 Å². The predicted molar refractivity (Wildman–Crippen MR) is 130 cm³/mol. The molecule has 4 aliphatic heterocycles. The van der Waals surface area contributed by atoms with Gasteiger partial charge in [-0.15, -0.1) is 0 Å². The van der Waals surface area contributed by atoms with Gasteiger partial charge in [0.05, 0.1) is 10.6 Å². The lowest BCUT2D eigenvalue weighted by molar-refractivity contribution is -0.118. The van der Waals surface area contributed by atoms with Gasteiger partial charge < -0.3 is 14.7 Å². The van der Waals surface area contributed by atoms with Crippen molar-refractivity contribution in [1.29, 1.82) is 0 Å². The van der Waals surface area contributed by atoms with Gasteiger partial charge in [-0.1, -0.05) is 0 Å². The van der Waals surface area contributed by atoms with Crippen molar-refractivity contribution in [3.63, 3.8) is 0 Å². The first-order chi connectivity index (χ1) is 16.4. The third kappa shape index (κ3) is 3.63. The topological polar surface area (TPSA) is 90.0 Å². The highest BCUT2D eigenvalue weighted by Gasteiger charge is 2.35. The van der Waals surface area contributed by atoms with Crippen molar-refractivity contribution in [2.75, 3.05) is 60.5 Å². The number of piperazine rings is 1. The van der Waals surface area contributed by atoms with Crippen LogP contribution in [0.2, 0.25) is 0 Å². The first-order valence-electron chi connectivity index (χ1n) is 12.2. The second-order valence-electron chi connectivity index (χ2n) is 9.64. The van der Waals surface area contributed by atoms with Crippen LogP contribution in [0.1, 0.15) is 36.1 Å². The van der Waals surface area contributed by atoms with Gasteiger partial charge in [0.2, 0.25) is 21.9 Å². The Morgan fingerprint density at radius 2 is 1.50 bits per heavy atom. The third-order valence-electron chi connectivity index (χ3n) is 7.44. The number of benzene rings is 1. The minimum Gasteiger partial charge on any atom is -0.354 e. The summed E-state index contributed by atoms with van der Waals surface area (Å²) in [6.45, 7) is 6.64. The first-order valence-corrected chi connectivity index (χ1v) is 13.7. The molecule has 0 unspecified atom stereocenters. The fraction of sp³-hybridized carbons (Fsp3) is 0.542. The van der Waals surface area contributed by atoms with Crippen LogP contribution in [-0.2, 0) is 27.7 Å². The van der Waals surface area contributed by atoms with E-state index < -0.39 is 10.0 Å². The zero-order chi connectivity index (χ0) is 23.4. The lowest BCUT2D eigenvalue weighted by Crippen LogP contribution is -2.49. The van der Waals surface area contributed by atoms with Gasteiger partial charge in [-0.05, 0) is 55.9 Å². The van der Waals surface area contributed by atoms with E-state index >= 15 is 0 Å². The fourth-order valence-corrected chi connectivity index (χ4v) is 7.16. The van der Waals surface area contributed by atoms with Crippen LogP contribution in [-0.4, -0.2) is 74.4 Å². The van der Waals surface area contributed by atoms with Crippen molar-refractivity contribution >= 4 is 33.4 Å². The van der Waals surface area contributed by atoms with Crippen molar-refractivity contribution in [2.24, 2.45) is 0 Å². The molecule has 1 aromatic carbocycles. The lowest BCUT2D eigenvalue weighted by atomic mass is 10.00. The molecule has 2 aromatic rings. The molecule has 9 nitrogen and oxygen atoms in total. The molecule has 4 aliphatic rings. The average molecular weight is 483 g/mol. The number of rotatable bonds is 4. The Morgan fingerprint density at radius 3 is 2.24 bits per heavy atom. The molecular formula is C24H30N6O3S. The van der Waals surface area contributed by atoms with E-state index in [-0.39, 0.29) is 5.91 Å². The number of nitrogens with zero attached hydrogens (tertiary/aromatic N) is 6. The summed E-state index contributed by atoms with van der Waals surface area (Å²) in [5, 5.41) is 0. The number of anilines is 3. The molecule has 0 aliphatic carbocycles. The minimum atomic E-state index is -3.60. The van der Waals surface area contributed by atoms with E-state index in [4.69, 9.17) is 4.98 Å². The Labute approximate surface area is 200 Å². The molecule has 0 N–H and O–H groups in total. The van der Waals surface area contributed by atoms with E-state index in [0.717, 1.165) is 53.8 Å². The molecule has 0 spiro atoms. The van der Waals surface area contributed by atoms with Crippen molar-refractivity contribution in [1.82, 2.24) is 14.3 Å². The maximum absolute atomic E-state index is 13.5. The van der Waals surface area contributed by atoms with Crippen LogP contribution in [0.5, 0.6) is 0 Å².